The predicted molar refractivity (Wildman–Crippen MR) is 59.6 cm³/mol. The molecule has 1 aromatic carbocycles. The lowest BCUT2D eigenvalue weighted by molar-refractivity contribution is 1.08. The second kappa shape index (κ2) is 4.11. The van der Waals surface area contributed by atoms with Crippen molar-refractivity contribution >= 4 is 5.71 Å². The topological polar surface area (TPSA) is 12.4 Å². The number of aliphatic imine (C=N–C) groups is 1. The van der Waals surface area contributed by atoms with Crippen molar-refractivity contribution in [2.75, 3.05) is 6.54 Å². The first kappa shape index (κ1) is 9.02. The van der Waals surface area contributed by atoms with E-state index in [1.54, 1.807) is 0 Å². The molecule has 0 heterocycles. The van der Waals surface area contributed by atoms with Crippen LogP contribution in [0.5, 0.6) is 0 Å². The quantitative estimate of drug-likeness (QED) is 0.593. The van der Waals surface area contributed by atoms with E-state index in [1.165, 1.54) is 16.8 Å². The molecular weight excluding hydrogens is 170 g/mol. The molecular formula is C13H13N. The lowest BCUT2D eigenvalue weighted by Gasteiger charge is -1.97. The first-order valence-electron chi connectivity index (χ1n) is 4.93. The van der Waals surface area contributed by atoms with E-state index in [4.69, 9.17) is 0 Å². The third-order valence-electron chi connectivity index (χ3n) is 2.49. The third-order valence-corrected chi connectivity index (χ3v) is 2.49. The minimum Gasteiger partial charge on any atom is -0.276 e. The second-order valence-corrected chi connectivity index (χ2v) is 3.35. The molecule has 1 heteroatoms. The Balaban J connectivity index is 2.24. The lowest BCUT2D eigenvalue weighted by Crippen LogP contribution is -1.95. The zero-order valence-electron chi connectivity index (χ0n) is 8.38. The molecule has 0 N–H and O–H groups in total. The van der Waals surface area contributed by atoms with Crippen LogP contribution in [0.15, 0.2) is 29.3 Å². The highest BCUT2D eigenvalue weighted by Gasteiger charge is 2.15. The minimum absolute atomic E-state index is 0.639. The maximum atomic E-state index is 4.50. The Labute approximate surface area is 84.9 Å². The van der Waals surface area contributed by atoms with Gasteiger partial charge in [0.05, 0.1) is 0 Å². The fraction of sp³-hybridized carbons (Fsp3) is 0.308. The van der Waals surface area contributed by atoms with Gasteiger partial charge < -0.3 is 0 Å². The predicted octanol–water partition coefficient (Wildman–Crippen LogP) is 2.45. The molecule has 0 saturated carbocycles. The summed E-state index contributed by atoms with van der Waals surface area (Å²) in [6, 6.07) is 8.50. The van der Waals surface area contributed by atoms with Crippen LogP contribution in [-0.4, -0.2) is 12.3 Å². The van der Waals surface area contributed by atoms with Crippen molar-refractivity contribution in [2.24, 2.45) is 4.99 Å². The Morgan fingerprint density at radius 3 is 3.00 bits per heavy atom. The average Bonchev–Trinajstić information content (AvgIpc) is 2.63. The van der Waals surface area contributed by atoms with E-state index in [1.807, 2.05) is 6.92 Å². The van der Waals surface area contributed by atoms with E-state index in [2.05, 4.69) is 41.1 Å². The van der Waals surface area contributed by atoms with Gasteiger partial charge in [-0.15, -0.1) is 5.92 Å². The van der Waals surface area contributed by atoms with Crippen LogP contribution in [-0.2, 0) is 6.42 Å². The van der Waals surface area contributed by atoms with E-state index in [9.17, 15) is 0 Å². The largest absolute Gasteiger partial charge is 0.276 e. The van der Waals surface area contributed by atoms with Gasteiger partial charge in [-0.05, 0) is 30.9 Å². The lowest BCUT2D eigenvalue weighted by atomic mass is 10.1. The second-order valence-electron chi connectivity index (χ2n) is 3.35. The van der Waals surface area contributed by atoms with Gasteiger partial charge in [0.1, 0.15) is 6.54 Å². The Hall–Kier alpha value is -1.55. The van der Waals surface area contributed by atoms with Crippen molar-refractivity contribution in [3.63, 3.8) is 0 Å². The summed E-state index contributed by atoms with van der Waals surface area (Å²) >= 11 is 0. The molecule has 1 aromatic rings. The molecule has 0 fully saturated rings. The average molecular weight is 183 g/mol. The Morgan fingerprint density at radius 2 is 2.14 bits per heavy atom. The van der Waals surface area contributed by atoms with Gasteiger partial charge in [0.25, 0.3) is 0 Å². The molecule has 0 aromatic heterocycles. The summed E-state index contributed by atoms with van der Waals surface area (Å²) in [5.41, 5.74) is 3.98. The van der Waals surface area contributed by atoms with Gasteiger partial charge in [-0.3, -0.25) is 4.99 Å². The molecule has 0 amide bonds. The summed E-state index contributed by atoms with van der Waals surface area (Å²) in [6.45, 7) is 2.49. The van der Waals surface area contributed by atoms with Crippen LogP contribution in [0.1, 0.15) is 24.5 Å². The molecule has 0 unspecified atom stereocenters. The van der Waals surface area contributed by atoms with Gasteiger partial charge in [-0.2, -0.15) is 0 Å². The van der Waals surface area contributed by atoms with Crippen molar-refractivity contribution < 1.29 is 0 Å². The highest BCUT2D eigenvalue weighted by atomic mass is 14.7. The van der Waals surface area contributed by atoms with E-state index >= 15 is 0 Å². The van der Waals surface area contributed by atoms with Gasteiger partial charge in [-0.25, -0.2) is 0 Å². The smallest absolute Gasteiger partial charge is 0.100 e. The summed E-state index contributed by atoms with van der Waals surface area (Å²) in [6.07, 6.45) is 2.21. The number of hydrogen-bond acceptors (Lipinski definition) is 1. The Kier molecular flexibility index (Phi) is 2.65. The first-order valence-corrected chi connectivity index (χ1v) is 4.93. The summed E-state index contributed by atoms with van der Waals surface area (Å²) < 4.78 is 0. The van der Waals surface area contributed by atoms with Crippen LogP contribution in [0.3, 0.4) is 0 Å². The van der Waals surface area contributed by atoms with Crippen LogP contribution in [0.4, 0.5) is 0 Å². The zero-order valence-corrected chi connectivity index (χ0v) is 8.38. The number of aryl methyl sites for hydroxylation is 1. The van der Waals surface area contributed by atoms with E-state index in [-0.39, 0.29) is 0 Å². The molecule has 1 nitrogen and oxygen atoms in total. The summed E-state index contributed by atoms with van der Waals surface area (Å²) in [5.74, 6) is 5.83. The Bertz CT molecular complexity index is 418. The van der Waals surface area contributed by atoms with Crippen molar-refractivity contribution in [1.82, 2.24) is 0 Å². The fourth-order valence-electron chi connectivity index (χ4n) is 1.79. The Morgan fingerprint density at radius 1 is 1.29 bits per heavy atom. The molecule has 0 spiro atoms. The summed E-state index contributed by atoms with van der Waals surface area (Å²) in [4.78, 5) is 4.50. The number of fused-ring (bicyclic) bond motifs is 1. The van der Waals surface area contributed by atoms with Crippen LogP contribution in [0.25, 0.3) is 0 Å². The highest BCUT2D eigenvalue weighted by molar-refractivity contribution is 6.04. The van der Waals surface area contributed by atoms with Gasteiger partial charge >= 0.3 is 0 Å². The monoisotopic (exact) mass is 183 g/mol. The van der Waals surface area contributed by atoms with Crippen molar-refractivity contribution in [1.29, 1.82) is 0 Å². The first-order chi connectivity index (χ1) is 6.92. The van der Waals surface area contributed by atoms with Crippen molar-refractivity contribution in [2.45, 2.75) is 19.8 Å². The molecule has 1 aliphatic carbocycles. The maximum absolute atomic E-state index is 4.50. The molecule has 0 aliphatic heterocycles. The summed E-state index contributed by atoms with van der Waals surface area (Å²) in [7, 11) is 0. The fourth-order valence-corrected chi connectivity index (χ4v) is 1.79. The summed E-state index contributed by atoms with van der Waals surface area (Å²) in [5, 5.41) is 0. The van der Waals surface area contributed by atoms with Gasteiger partial charge in [0, 0.05) is 5.71 Å². The molecule has 0 atom stereocenters. The maximum Gasteiger partial charge on any atom is 0.100 e. The number of rotatable bonds is 1. The van der Waals surface area contributed by atoms with Gasteiger partial charge in [0.2, 0.25) is 0 Å². The number of benzene rings is 1. The van der Waals surface area contributed by atoms with Crippen molar-refractivity contribution in [3.8, 4) is 11.8 Å². The minimum atomic E-state index is 0.639. The van der Waals surface area contributed by atoms with Crippen molar-refractivity contribution in [3.05, 3.63) is 35.4 Å². The molecule has 14 heavy (non-hydrogen) atoms. The van der Waals surface area contributed by atoms with Gasteiger partial charge in [-0.1, -0.05) is 30.2 Å². The molecule has 2 rings (SSSR count). The molecule has 0 bridgehead atoms. The highest BCUT2D eigenvalue weighted by Crippen LogP contribution is 2.21. The molecule has 0 saturated heterocycles. The van der Waals surface area contributed by atoms with Crippen LogP contribution < -0.4 is 0 Å². The van der Waals surface area contributed by atoms with Gasteiger partial charge in [0.15, 0.2) is 0 Å². The van der Waals surface area contributed by atoms with Crippen LogP contribution in [0, 0.1) is 11.8 Å². The molecule has 1 aliphatic rings. The van der Waals surface area contributed by atoms with E-state index in [0.717, 1.165) is 12.8 Å². The number of nitrogens with zero attached hydrogens (tertiary/aromatic N) is 1. The van der Waals surface area contributed by atoms with E-state index < -0.39 is 0 Å². The molecule has 70 valence electrons. The normalized spacial score (nSPS) is 16.2. The third kappa shape index (κ3) is 1.70. The van der Waals surface area contributed by atoms with Crippen LogP contribution in [0.2, 0.25) is 0 Å². The standard InChI is InChI=1S/C13H13N/c1-2-3-10-14-13-9-8-11-6-4-5-7-12(11)13/h4-7H,8-10H2,1H3. The van der Waals surface area contributed by atoms with E-state index in [0.29, 0.717) is 6.54 Å². The zero-order chi connectivity index (χ0) is 9.80. The molecule has 0 radical (unpaired) electrons. The number of hydrogen-bond donors (Lipinski definition) is 0. The van der Waals surface area contributed by atoms with Crippen LogP contribution >= 0.6 is 0 Å². The SMILES string of the molecule is CC#CCN=C1CCc2ccccc21.